The fourth-order valence-corrected chi connectivity index (χ4v) is 11.0. The molecule has 5 nitrogen and oxygen atoms in total. The van der Waals surface area contributed by atoms with Gasteiger partial charge in [-0.15, -0.1) is 0 Å². The molecule has 0 N–H and O–H groups in total. The smallest absolute Gasteiger partial charge is 0.331 e. The van der Waals surface area contributed by atoms with Crippen LogP contribution in [0.25, 0.3) is 5.57 Å². The molecule has 224 valence electrons. The van der Waals surface area contributed by atoms with Crippen molar-refractivity contribution >= 4 is 57.0 Å². The van der Waals surface area contributed by atoms with E-state index in [1.807, 2.05) is 97.1 Å². The number of Topliss-reactive ketones (excluding diaryl/α,β-unsaturated/α-hetero) is 1. The second kappa shape index (κ2) is 12.1. The van der Waals surface area contributed by atoms with Gasteiger partial charge in [0.25, 0.3) is 5.91 Å². The van der Waals surface area contributed by atoms with Gasteiger partial charge < -0.3 is 4.74 Å². The van der Waals surface area contributed by atoms with E-state index in [0.717, 1.165) is 15.9 Å². The van der Waals surface area contributed by atoms with Crippen molar-refractivity contribution < 1.29 is 19.1 Å². The molecular weight excluding hydrogens is 589 g/mol. The van der Waals surface area contributed by atoms with Crippen molar-refractivity contribution in [2.24, 2.45) is 0 Å². The van der Waals surface area contributed by atoms with Gasteiger partial charge in [0, 0.05) is 22.9 Å². The number of ether oxygens (including phenoxy) is 1. The number of esters is 1. The maximum Gasteiger partial charge on any atom is 0.331 e. The first-order valence-electron chi connectivity index (χ1n) is 15.2. The Labute approximate surface area is 268 Å². The molecule has 5 aromatic carbocycles. The Morgan fingerprint density at radius 2 is 1.11 bits per heavy atom. The van der Waals surface area contributed by atoms with E-state index in [9.17, 15) is 9.59 Å². The van der Waals surface area contributed by atoms with E-state index in [0.29, 0.717) is 33.3 Å². The fraction of sp³-hybridized carbons (Fsp3) is 0.0500. The van der Waals surface area contributed by atoms with Gasteiger partial charge in [-0.2, -0.15) is 0 Å². The summed E-state index contributed by atoms with van der Waals surface area (Å²) in [4.78, 5) is 45.0. The molecule has 0 saturated heterocycles. The number of anilines is 1. The zero-order chi connectivity index (χ0) is 31.7. The van der Waals surface area contributed by atoms with Crippen molar-refractivity contribution in [2.45, 2.75) is 6.92 Å². The highest BCUT2D eigenvalue weighted by molar-refractivity contribution is 7.97. The van der Waals surface area contributed by atoms with Crippen LogP contribution in [0.1, 0.15) is 22.8 Å². The van der Waals surface area contributed by atoms with E-state index >= 15 is 4.79 Å². The molecule has 1 heterocycles. The molecule has 1 aliphatic heterocycles. The molecule has 2 aliphatic rings. The van der Waals surface area contributed by atoms with Crippen LogP contribution in [0.5, 0.6) is 0 Å². The Bertz CT molecular complexity index is 2000. The predicted octanol–water partition coefficient (Wildman–Crippen LogP) is 6.30. The van der Waals surface area contributed by atoms with Crippen LogP contribution in [-0.4, -0.2) is 29.6 Å². The number of benzene rings is 5. The minimum absolute atomic E-state index is 0.190. The van der Waals surface area contributed by atoms with Gasteiger partial charge in [0.1, 0.15) is 5.70 Å². The Kier molecular flexibility index (Phi) is 7.69. The number of ketones is 1. The van der Waals surface area contributed by atoms with Crippen molar-refractivity contribution in [2.75, 3.05) is 11.5 Å². The first-order chi connectivity index (χ1) is 22.6. The zero-order valence-electron chi connectivity index (χ0n) is 25.2. The van der Waals surface area contributed by atoms with Crippen LogP contribution >= 0.6 is 6.89 Å². The van der Waals surface area contributed by atoms with E-state index in [1.54, 1.807) is 24.0 Å². The summed E-state index contributed by atoms with van der Waals surface area (Å²) in [6.07, 6.45) is 1.45. The quantitative estimate of drug-likeness (QED) is 0.127. The maximum absolute atomic E-state index is 15.5. The monoisotopic (exact) mass is 619 g/mol. The van der Waals surface area contributed by atoms with Crippen LogP contribution in [0, 0.1) is 0 Å². The van der Waals surface area contributed by atoms with E-state index in [1.165, 1.54) is 6.08 Å². The molecular formula is C40H30NO4P. The van der Waals surface area contributed by atoms with Gasteiger partial charge in [-0.3, -0.25) is 14.5 Å². The van der Waals surface area contributed by atoms with E-state index in [4.69, 9.17) is 4.74 Å². The number of carbonyl (C=O) groups is 3. The van der Waals surface area contributed by atoms with Crippen molar-refractivity contribution in [3.8, 4) is 0 Å². The standard InChI is InChI=1S/C40H30NO4P/c1-2-45-35(42)27-34-32-25-15-16-26-33(32)38(43)37-36(34)39(40(44)41(37)28-17-7-3-8-18-28)46(29-19-9-4-10-20-29,30-21-11-5-12-22-30)31-23-13-6-14-24-31/h3-27H,2H2,1H3/b34-27+. The number of para-hydroxylation sites is 1. The minimum Gasteiger partial charge on any atom is -0.463 e. The third kappa shape index (κ3) is 4.60. The van der Waals surface area contributed by atoms with Gasteiger partial charge in [-0.1, -0.05) is 133 Å². The SMILES string of the molecule is CCOC(=O)/C=C1/C2=C(C(=O)c3ccccc31)N(c1ccccc1)C(=O)C2=P(c1ccccc1)(c1ccccc1)c1ccccc1. The van der Waals surface area contributed by atoms with Crippen molar-refractivity contribution in [3.63, 3.8) is 0 Å². The number of rotatable bonds is 6. The Hall–Kier alpha value is -5.51. The molecule has 0 bridgehead atoms. The first kappa shape index (κ1) is 29.2. The van der Waals surface area contributed by atoms with Gasteiger partial charge in [0.15, 0.2) is 0 Å². The predicted molar refractivity (Wildman–Crippen MR) is 186 cm³/mol. The summed E-state index contributed by atoms with van der Waals surface area (Å²) in [5, 5.41) is 3.37. The largest absolute Gasteiger partial charge is 0.463 e. The summed E-state index contributed by atoms with van der Waals surface area (Å²) >= 11 is 0. The number of amides is 1. The number of nitrogens with zero attached hydrogens (tertiary/aromatic N) is 1. The summed E-state index contributed by atoms with van der Waals surface area (Å²) in [7, 11) is 0. The molecule has 0 saturated carbocycles. The summed E-state index contributed by atoms with van der Waals surface area (Å²) < 4.78 is 5.43. The van der Waals surface area contributed by atoms with Gasteiger partial charge in [-0.25, -0.2) is 4.79 Å². The van der Waals surface area contributed by atoms with E-state index in [-0.39, 0.29) is 24.0 Å². The third-order valence-electron chi connectivity index (χ3n) is 8.38. The van der Waals surface area contributed by atoms with Crippen molar-refractivity contribution in [1.82, 2.24) is 0 Å². The molecule has 6 heteroatoms. The minimum atomic E-state index is -3.02. The molecule has 0 aromatic heterocycles. The topological polar surface area (TPSA) is 63.7 Å². The van der Waals surface area contributed by atoms with Gasteiger partial charge in [-0.05, 0) is 53.0 Å². The third-order valence-corrected chi connectivity index (χ3v) is 12.7. The molecule has 0 unspecified atom stereocenters. The molecule has 0 atom stereocenters. The average Bonchev–Trinajstić information content (AvgIpc) is 3.42. The number of hydrogen-bond acceptors (Lipinski definition) is 4. The number of carbonyl (C=O) groups excluding carboxylic acids is 3. The van der Waals surface area contributed by atoms with E-state index in [2.05, 4.69) is 36.4 Å². The molecule has 46 heavy (non-hydrogen) atoms. The molecule has 7 rings (SSSR count). The Balaban J connectivity index is 1.75. The zero-order valence-corrected chi connectivity index (χ0v) is 26.1. The van der Waals surface area contributed by atoms with Crippen molar-refractivity contribution in [1.29, 1.82) is 0 Å². The lowest BCUT2D eigenvalue weighted by Crippen LogP contribution is -2.37. The van der Waals surface area contributed by atoms with Gasteiger partial charge >= 0.3 is 5.97 Å². The summed E-state index contributed by atoms with van der Waals surface area (Å²) in [5.74, 6) is -1.11. The first-order valence-corrected chi connectivity index (χ1v) is 17.0. The average molecular weight is 620 g/mol. The lowest BCUT2D eigenvalue weighted by atomic mass is 9.83. The summed E-state index contributed by atoms with van der Waals surface area (Å²) in [6.45, 7) is -1.07. The second-order valence-electron chi connectivity index (χ2n) is 10.9. The Morgan fingerprint density at radius 3 is 1.61 bits per heavy atom. The van der Waals surface area contributed by atoms with Crippen molar-refractivity contribution in [3.05, 3.63) is 174 Å². The van der Waals surface area contributed by atoms with Crippen LogP contribution < -0.4 is 20.8 Å². The fourth-order valence-electron chi connectivity index (χ4n) is 6.56. The highest BCUT2D eigenvalue weighted by Gasteiger charge is 2.49. The molecule has 0 fully saturated rings. The van der Waals surface area contributed by atoms with Crippen LogP contribution in [0.3, 0.4) is 0 Å². The van der Waals surface area contributed by atoms with Crippen LogP contribution in [-0.2, 0) is 14.3 Å². The van der Waals surface area contributed by atoms with Crippen LogP contribution in [0.4, 0.5) is 5.69 Å². The number of fused-ring (bicyclic) bond motifs is 1. The van der Waals surface area contributed by atoms with E-state index < -0.39 is 12.9 Å². The summed E-state index contributed by atoms with van der Waals surface area (Å²) in [6, 6.07) is 46.6. The maximum atomic E-state index is 15.5. The molecule has 0 radical (unpaired) electrons. The Morgan fingerprint density at radius 1 is 0.652 bits per heavy atom. The highest BCUT2D eigenvalue weighted by Crippen LogP contribution is 2.54. The highest BCUT2D eigenvalue weighted by atomic mass is 31.2. The molecule has 5 aromatic rings. The number of hydrogen-bond donors (Lipinski definition) is 0. The lowest BCUT2D eigenvalue weighted by molar-refractivity contribution is -0.137. The second-order valence-corrected chi connectivity index (χ2v) is 14.2. The van der Waals surface area contributed by atoms with Crippen LogP contribution in [0.2, 0.25) is 0 Å². The lowest BCUT2D eigenvalue weighted by Gasteiger charge is -2.32. The molecule has 1 amide bonds. The van der Waals surface area contributed by atoms with Gasteiger partial charge in [0.2, 0.25) is 5.78 Å². The molecule has 1 aliphatic carbocycles. The van der Waals surface area contributed by atoms with Gasteiger partial charge in [0.05, 0.1) is 11.9 Å². The summed E-state index contributed by atoms with van der Waals surface area (Å²) in [5.41, 5.74) is 2.80. The molecule has 0 spiro atoms. The van der Waals surface area contributed by atoms with Crippen LogP contribution in [0.15, 0.2) is 163 Å². The normalized spacial score (nSPS) is 15.2. The number of allylic oxidation sites excluding steroid dienone is 2.